The van der Waals surface area contributed by atoms with Gasteiger partial charge in [0.15, 0.2) is 10.6 Å². The summed E-state index contributed by atoms with van der Waals surface area (Å²) >= 11 is 1.25. The lowest BCUT2D eigenvalue weighted by Gasteiger charge is -2.45. The monoisotopic (exact) mass is 481 g/mol. The minimum absolute atomic E-state index is 0.104. The van der Waals surface area contributed by atoms with Gasteiger partial charge in [-0.15, -0.1) is 11.3 Å². The van der Waals surface area contributed by atoms with Gasteiger partial charge in [-0.1, -0.05) is 12.1 Å². The van der Waals surface area contributed by atoms with Crippen molar-refractivity contribution in [2.24, 2.45) is 5.73 Å². The summed E-state index contributed by atoms with van der Waals surface area (Å²) < 4.78 is 16.7. The van der Waals surface area contributed by atoms with E-state index in [1.807, 2.05) is 30.3 Å². The molecule has 2 N–H and O–H groups in total. The Morgan fingerprint density at radius 3 is 2.71 bits per heavy atom. The van der Waals surface area contributed by atoms with E-state index in [4.69, 9.17) is 19.9 Å². The lowest BCUT2D eigenvalue weighted by molar-refractivity contribution is -0.136. The van der Waals surface area contributed by atoms with Crippen LogP contribution in [0, 0.1) is 0 Å². The van der Waals surface area contributed by atoms with Gasteiger partial charge in [0, 0.05) is 31.6 Å². The van der Waals surface area contributed by atoms with Gasteiger partial charge in [-0.25, -0.2) is 9.78 Å². The molecule has 2 fully saturated rings. The highest BCUT2D eigenvalue weighted by atomic mass is 32.1. The third-order valence-electron chi connectivity index (χ3n) is 7.04. The molecule has 1 aromatic carbocycles. The molecule has 178 valence electrons. The van der Waals surface area contributed by atoms with Gasteiger partial charge in [-0.05, 0) is 42.7 Å². The van der Waals surface area contributed by atoms with Crippen molar-refractivity contribution in [2.75, 3.05) is 14.2 Å². The molecule has 2 saturated heterocycles. The van der Waals surface area contributed by atoms with Gasteiger partial charge in [-0.2, -0.15) is 0 Å². The maximum Gasteiger partial charge on any atom is 0.352 e. The second kappa shape index (κ2) is 8.88. The number of amides is 1. The Balaban J connectivity index is 1.36. The minimum atomic E-state index is -0.834. The number of nitrogens with zero attached hydrogens (tertiary/aromatic N) is 2. The fourth-order valence-electron chi connectivity index (χ4n) is 5.40. The van der Waals surface area contributed by atoms with Crippen molar-refractivity contribution in [1.29, 1.82) is 0 Å². The summed E-state index contributed by atoms with van der Waals surface area (Å²) in [5.41, 5.74) is 6.21. The zero-order valence-corrected chi connectivity index (χ0v) is 20.0. The van der Waals surface area contributed by atoms with Gasteiger partial charge in [-0.3, -0.25) is 9.69 Å². The molecule has 3 atom stereocenters. The molecule has 2 aliphatic heterocycles. The summed E-state index contributed by atoms with van der Waals surface area (Å²) in [6, 6.07) is 11.6. The fourth-order valence-corrected chi connectivity index (χ4v) is 6.39. The highest BCUT2D eigenvalue weighted by Crippen LogP contribution is 2.46. The standard InChI is InChI=1S/C25H27N3O5S/c1-31-17-7-5-15(6-8-17)14-28-16-9-10-25(28,24(26)30)13-18(12-16)33-23(29)21-20(32-2)19-4-3-11-27-22(19)34-21/h3-8,11,16,18H,9-10,12-14H2,1-2H3,(H2,26,30). The molecule has 3 unspecified atom stereocenters. The predicted octanol–water partition coefficient (Wildman–Crippen LogP) is 3.52. The van der Waals surface area contributed by atoms with E-state index in [-0.39, 0.29) is 11.9 Å². The van der Waals surface area contributed by atoms with Gasteiger partial charge >= 0.3 is 5.97 Å². The topological polar surface area (TPSA) is 104 Å². The van der Waals surface area contributed by atoms with Crippen LogP contribution in [-0.2, 0) is 16.1 Å². The largest absolute Gasteiger partial charge is 0.497 e. The molecule has 2 aromatic heterocycles. The second-order valence-electron chi connectivity index (χ2n) is 8.85. The van der Waals surface area contributed by atoms with E-state index in [2.05, 4.69) is 9.88 Å². The second-order valence-corrected chi connectivity index (χ2v) is 9.85. The third kappa shape index (κ3) is 3.78. The van der Waals surface area contributed by atoms with Crippen molar-refractivity contribution >= 4 is 33.4 Å². The van der Waals surface area contributed by atoms with Crippen LogP contribution in [0.4, 0.5) is 0 Å². The Morgan fingerprint density at radius 2 is 2.00 bits per heavy atom. The number of esters is 1. The number of methoxy groups -OCH3 is 2. The first-order chi connectivity index (χ1) is 16.4. The molecule has 0 radical (unpaired) electrons. The molecule has 0 aliphatic carbocycles. The van der Waals surface area contributed by atoms with Crippen LogP contribution in [0.1, 0.15) is 40.9 Å². The number of piperidine rings is 1. The molecular formula is C25H27N3O5S. The molecule has 3 aromatic rings. The maximum atomic E-state index is 13.1. The van der Waals surface area contributed by atoms with Crippen LogP contribution < -0.4 is 15.2 Å². The van der Waals surface area contributed by atoms with Gasteiger partial charge in [0.2, 0.25) is 5.91 Å². The normalized spacial score (nSPS) is 24.2. The number of primary amides is 1. The maximum absolute atomic E-state index is 13.1. The number of benzene rings is 1. The molecule has 0 spiro atoms. The Hall–Kier alpha value is -3.17. The molecular weight excluding hydrogens is 454 g/mol. The smallest absolute Gasteiger partial charge is 0.352 e. The molecule has 5 rings (SSSR count). The highest BCUT2D eigenvalue weighted by molar-refractivity contribution is 7.20. The van der Waals surface area contributed by atoms with Crippen LogP contribution in [0.5, 0.6) is 11.5 Å². The number of pyridine rings is 1. The Bertz CT molecular complexity index is 1230. The van der Waals surface area contributed by atoms with Crippen molar-refractivity contribution in [3.8, 4) is 11.5 Å². The number of thiophene rings is 1. The number of rotatable bonds is 7. The van der Waals surface area contributed by atoms with Gasteiger partial charge in [0.1, 0.15) is 22.2 Å². The number of hydrogen-bond donors (Lipinski definition) is 1. The van der Waals surface area contributed by atoms with Crippen molar-refractivity contribution in [3.05, 3.63) is 53.0 Å². The van der Waals surface area contributed by atoms with E-state index in [0.717, 1.165) is 23.1 Å². The van der Waals surface area contributed by atoms with E-state index in [1.165, 1.54) is 18.4 Å². The minimum Gasteiger partial charge on any atom is -0.497 e. The number of nitrogens with two attached hydrogens (primary N) is 1. The molecule has 34 heavy (non-hydrogen) atoms. The number of fused-ring (bicyclic) bond motifs is 3. The molecule has 9 heteroatoms. The van der Waals surface area contributed by atoms with Crippen molar-refractivity contribution in [2.45, 2.75) is 49.9 Å². The molecule has 2 aliphatic rings. The van der Waals surface area contributed by atoms with Crippen molar-refractivity contribution in [3.63, 3.8) is 0 Å². The summed E-state index contributed by atoms with van der Waals surface area (Å²) in [5.74, 6) is 0.442. The Labute approximate surface area is 201 Å². The van der Waals surface area contributed by atoms with E-state index >= 15 is 0 Å². The average Bonchev–Trinajstić information content (AvgIpc) is 3.32. The van der Waals surface area contributed by atoms with E-state index in [1.54, 1.807) is 19.4 Å². The van der Waals surface area contributed by atoms with Crippen LogP contribution in [-0.4, -0.2) is 53.7 Å². The summed E-state index contributed by atoms with van der Waals surface area (Å²) in [4.78, 5) is 33.5. The molecule has 2 bridgehead atoms. The van der Waals surface area contributed by atoms with E-state index in [9.17, 15) is 9.59 Å². The lowest BCUT2D eigenvalue weighted by atomic mass is 9.85. The Morgan fingerprint density at radius 1 is 1.21 bits per heavy atom. The number of carbonyl (C=O) groups is 2. The molecule has 8 nitrogen and oxygen atoms in total. The number of hydrogen-bond acceptors (Lipinski definition) is 8. The van der Waals surface area contributed by atoms with Gasteiger partial charge in [0.05, 0.1) is 19.6 Å². The summed E-state index contributed by atoms with van der Waals surface area (Å²) in [6.07, 6.45) is 3.81. The zero-order valence-electron chi connectivity index (χ0n) is 19.2. The molecule has 0 saturated carbocycles. The van der Waals surface area contributed by atoms with E-state index in [0.29, 0.717) is 41.3 Å². The summed E-state index contributed by atoms with van der Waals surface area (Å²) in [6.45, 7) is 0.605. The first kappa shape index (κ1) is 22.6. The summed E-state index contributed by atoms with van der Waals surface area (Å²) in [7, 11) is 3.17. The van der Waals surface area contributed by atoms with Gasteiger partial charge < -0.3 is 19.9 Å². The van der Waals surface area contributed by atoms with Crippen LogP contribution in [0.2, 0.25) is 0 Å². The average molecular weight is 482 g/mol. The highest BCUT2D eigenvalue weighted by Gasteiger charge is 2.56. The third-order valence-corrected chi connectivity index (χ3v) is 8.11. The van der Waals surface area contributed by atoms with Crippen molar-refractivity contribution < 1.29 is 23.8 Å². The number of aromatic nitrogens is 1. The molecule has 4 heterocycles. The Kier molecular flexibility index (Phi) is 5.91. The van der Waals surface area contributed by atoms with Crippen LogP contribution >= 0.6 is 11.3 Å². The van der Waals surface area contributed by atoms with Crippen LogP contribution in [0.3, 0.4) is 0 Å². The van der Waals surface area contributed by atoms with Crippen LogP contribution in [0.25, 0.3) is 10.2 Å². The van der Waals surface area contributed by atoms with Crippen LogP contribution in [0.15, 0.2) is 42.6 Å². The first-order valence-electron chi connectivity index (χ1n) is 11.3. The summed E-state index contributed by atoms with van der Waals surface area (Å²) in [5, 5.41) is 0.782. The zero-order chi connectivity index (χ0) is 23.9. The number of ether oxygens (including phenoxy) is 3. The predicted molar refractivity (Wildman–Crippen MR) is 128 cm³/mol. The van der Waals surface area contributed by atoms with E-state index < -0.39 is 17.6 Å². The van der Waals surface area contributed by atoms with Gasteiger partial charge in [0.25, 0.3) is 0 Å². The quantitative estimate of drug-likeness (QED) is 0.515. The molecule has 1 amide bonds. The SMILES string of the molecule is COc1ccc(CN2C3CCC2(C(N)=O)CC(OC(=O)c2sc4ncccc4c2OC)C3)cc1. The van der Waals surface area contributed by atoms with Crippen molar-refractivity contribution in [1.82, 2.24) is 9.88 Å². The lowest BCUT2D eigenvalue weighted by Crippen LogP contribution is -2.60. The fraction of sp³-hybridized carbons (Fsp3) is 0.400. The number of carbonyl (C=O) groups excluding carboxylic acids is 2. The first-order valence-corrected chi connectivity index (χ1v) is 12.1.